The molecule has 2 rings (SSSR count). The van der Waals surface area contributed by atoms with Gasteiger partial charge in [0.15, 0.2) is 0 Å². The van der Waals surface area contributed by atoms with Gasteiger partial charge in [0.05, 0.1) is 12.6 Å². The van der Waals surface area contributed by atoms with Crippen LogP contribution >= 0.6 is 11.8 Å². The Morgan fingerprint density at radius 3 is 2.85 bits per heavy atom. The highest BCUT2D eigenvalue weighted by atomic mass is 32.2. The van der Waals surface area contributed by atoms with Gasteiger partial charge in [0.2, 0.25) is 5.91 Å². The fourth-order valence-corrected chi connectivity index (χ4v) is 2.80. The van der Waals surface area contributed by atoms with Gasteiger partial charge in [-0.25, -0.2) is 0 Å². The quantitative estimate of drug-likeness (QED) is 0.776. The fraction of sp³-hybridized carbons (Fsp3) is 0.438. The first-order chi connectivity index (χ1) is 9.76. The Balaban J connectivity index is 2.10. The molecule has 0 saturated carbocycles. The van der Waals surface area contributed by atoms with Gasteiger partial charge >= 0.3 is 0 Å². The summed E-state index contributed by atoms with van der Waals surface area (Å²) in [5.41, 5.74) is 1.19. The molecule has 1 heterocycles. The van der Waals surface area contributed by atoms with Gasteiger partial charge in [-0.2, -0.15) is 0 Å². The van der Waals surface area contributed by atoms with Gasteiger partial charge in [-0.3, -0.25) is 4.79 Å². The summed E-state index contributed by atoms with van der Waals surface area (Å²) in [5.74, 6) is 0.991. The largest absolute Gasteiger partial charge is 0.494 e. The average molecular weight is 291 g/mol. The van der Waals surface area contributed by atoms with Crippen LogP contribution in [0.15, 0.2) is 35.7 Å². The number of benzene rings is 1. The second kappa shape index (κ2) is 7.39. The lowest BCUT2D eigenvalue weighted by molar-refractivity contribution is -0.126. The van der Waals surface area contributed by atoms with Crippen molar-refractivity contribution in [3.63, 3.8) is 0 Å². The van der Waals surface area contributed by atoms with E-state index in [-0.39, 0.29) is 11.9 Å². The van der Waals surface area contributed by atoms with Crippen molar-refractivity contribution in [1.29, 1.82) is 0 Å². The van der Waals surface area contributed by atoms with Crippen LogP contribution < -0.4 is 4.74 Å². The summed E-state index contributed by atoms with van der Waals surface area (Å²) in [4.78, 5) is 14.1. The molecule has 1 aliphatic heterocycles. The van der Waals surface area contributed by atoms with Gasteiger partial charge in [-0.05, 0) is 49.1 Å². The molecule has 0 aliphatic carbocycles. The Morgan fingerprint density at radius 1 is 1.45 bits per heavy atom. The van der Waals surface area contributed by atoms with Gasteiger partial charge in [0.25, 0.3) is 0 Å². The van der Waals surface area contributed by atoms with Gasteiger partial charge < -0.3 is 9.64 Å². The molecular formula is C16H21NO2S. The van der Waals surface area contributed by atoms with E-state index in [2.05, 4.69) is 12.1 Å². The van der Waals surface area contributed by atoms with Crippen LogP contribution in [0.1, 0.15) is 31.4 Å². The maximum Gasteiger partial charge on any atom is 0.247 e. The van der Waals surface area contributed by atoms with Crippen molar-refractivity contribution >= 4 is 17.7 Å². The lowest BCUT2D eigenvalue weighted by atomic mass is 10.0. The summed E-state index contributed by atoms with van der Waals surface area (Å²) in [6.45, 7) is 3.49. The minimum absolute atomic E-state index is 0.107. The van der Waals surface area contributed by atoms with Crippen LogP contribution in [-0.2, 0) is 4.79 Å². The highest BCUT2D eigenvalue weighted by Crippen LogP contribution is 2.33. The van der Waals surface area contributed by atoms with Gasteiger partial charge in [0.1, 0.15) is 5.75 Å². The predicted molar refractivity (Wildman–Crippen MR) is 84.0 cm³/mol. The van der Waals surface area contributed by atoms with E-state index in [1.54, 1.807) is 17.8 Å². The number of nitrogens with zero attached hydrogens (tertiary/aromatic N) is 1. The topological polar surface area (TPSA) is 29.5 Å². The van der Waals surface area contributed by atoms with Crippen molar-refractivity contribution in [3.05, 3.63) is 41.3 Å². The molecule has 3 nitrogen and oxygen atoms in total. The Bertz CT molecular complexity index is 470. The molecule has 0 spiro atoms. The third kappa shape index (κ3) is 3.57. The van der Waals surface area contributed by atoms with E-state index in [9.17, 15) is 4.79 Å². The second-order valence-electron chi connectivity index (χ2n) is 4.73. The first kappa shape index (κ1) is 15.0. The molecule has 1 saturated heterocycles. The van der Waals surface area contributed by atoms with E-state index < -0.39 is 0 Å². The lowest BCUT2D eigenvalue weighted by Gasteiger charge is -2.24. The van der Waals surface area contributed by atoms with Crippen LogP contribution in [0, 0.1) is 0 Å². The third-order valence-electron chi connectivity index (χ3n) is 3.46. The predicted octanol–water partition coefficient (Wildman–Crippen LogP) is 3.63. The highest BCUT2D eigenvalue weighted by molar-refractivity contribution is 8.01. The van der Waals surface area contributed by atoms with Crippen molar-refractivity contribution in [1.82, 2.24) is 4.90 Å². The van der Waals surface area contributed by atoms with Crippen molar-refractivity contribution in [2.24, 2.45) is 0 Å². The summed E-state index contributed by atoms with van der Waals surface area (Å²) >= 11 is 1.55. The Morgan fingerprint density at radius 2 is 2.20 bits per heavy atom. The molecule has 108 valence electrons. The number of hydrogen-bond acceptors (Lipinski definition) is 3. The van der Waals surface area contributed by atoms with Crippen molar-refractivity contribution in [2.75, 3.05) is 19.4 Å². The first-order valence-corrected chi connectivity index (χ1v) is 8.27. The zero-order chi connectivity index (χ0) is 14.4. The molecule has 20 heavy (non-hydrogen) atoms. The van der Waals surface area contributed by atoms with Crippen LogP contribution in [0.2, 0.25) is 0 Å². The number of likely N-dealkylation sites (tertiary alicyclic amines) is 1. The summed E-state index contributed by atoms with van der Waals surface area (Å²) in [5, 5.41) is 1.84. The van der Waals surface area contributed by atoms with Crippen LogP contribution in [0.25, 0.3) is 0 Å². The van der Waals surface area contributed by atoms with E-state index in [1.165, 1.54) is 5.56 Å². The van der Waals surface area contributed by atoms with E-state index in [4.69, 9.17) is 4.74 Å². The number of amides is 1. The monoisotopic (exact) mass is 291 g/mol. The van der Waals surface area contributed by atoms with Crippen molar-refractivity contribution in [3.8, 4) is 5.75 Å². The van der Waals surface area contributed by atoms with Crippen LogP contribution in [0.4, 0.5) is 0 Å². The number of ether oxygens (including phenoxy) is 1. The smallest absolute Gasteiger partial charge is 0.247 e. The van der Waals surface area contributed by atoms with E-state index >= 15 is 0 Å². The number of carbonyl (C=O) groups excluding carboxylic acids is 1. The molecule has 1 atom stereocenters. The zero-order valence-corrected chi connectivity index (χ0v) is 12.9. The second-order valence-corrected chi connectivity index (χ2v) is 5.47. The minimum Gasteiger partial charge on any atom is -0.494 e. The molecule has 1 aromatic carbocycles. The van der Waals surface area contributed by atoms with Crippen LogP contribution in [-0.4, -0.2) is 30.2 Å². The van der Waals surface area contributed by atoms with E-state index in [1.807, 2.05) is 35.6 Å². The summed E-state index contributed by atoms with van der Waals surface area (Å²) in [6, 6.07) is 8.30. The standard InChI is InChI=1S/C16H21NO2S/c1-3-19-14-8-6-13(7-9-14)15-5-4-11-17(15)16(18)10-12-20-2/h6-10,12,15H,3-5,11H2,1-2H3/b12-10+. The number of carbonyl (C=O) groups is 1. The van der Waals surface area contributed by atoms with Gasteiger partial charge in [-0.15, -0.1) is 11.8 Å². The highest BCUT2D eigenvalue weighted by Gasteiger charge is 2.28. The maximum absolute atomic E-state index is 12.2. The van der Waals surface area contributed by atoms with Crippen LogP contribution in [0.3, 0.4) is 0 Å². The maximum atomic E-state index is 12.2. The molecule has 0 bridgehead atoms. The Kier molecular flexibility index (Phi) is 5.53. The van der Waals surface area contributed by atoms with Crippen LogP contribution in [0.5, 0.6) is 5.75 Å². The first-order valence-electron chi connectivity index (χ1n) is 6.99. The van der Waals surface area contributed by atoms with Gasteiger partial charge in [-0.1, -0.05) is 12.1 Å². The molecule has 0 aromatic heterocycles. The number of rotatable bonds is 5. The molecule has 1 amide bonds. The Labute approximate surface area is 125 Å². The zero-order valence-electron chi connectivity index (χ0n) is 12.0. The normalized spacial score (nSPS) is 18.7. The molecule has 1 aromatic rings. The Hall–Kier alpha value is -1.42. The molecule has 1 aliphatic rings. The van der Waals surface area contributed by atoms with Gasteiger partial charge in [0, 0.05) is 12.6 Å². The number of hydrogen-bond donors (Lipinski definition) is 0. The van der Waals surface area contributed by atoms with E-state index in [0.717, 1.165) is 25.1 Å². The SMILES string of the molecule is CCOc1ccc(C2CCCN2C(=O)/C=C/SC)cc1. The molecule has 4 heteroatoms. The third-order valence-corrected chi connectivity index (χ3v) is 3.87. The molecule has 0 radical (unpaired) electrons. The van der Waals surface area contributed by atoms with Crippen molar-refractivity contribution in [2.45, 2.75) is 25.8 Å². The lowest BCUT2D eigenvalue weighted by Crippen LogP contribution is -2.28. The molecular weight excluding hydrogens is 270 g/mol. The van der Waals surface area contributed by atoms with E-state index in [0.29, 0.717) is 6.61 Å². The minimum atomic E-state index is 0.107. The average Bonchev–Trinajstić information content (AvgIpc) is 2.95. The fourth-order valence-electron chi connectivity index (χ4n) is 2.55. The summed E-state index contributed by atoms with van der Waals surface area (Å²) < 4.78 is 5.46. The molecule has 1 unspecified atom stereocenters. The van der Waals surface area contributed by atoms with Crippen molar-refractivity contribution < 1.29 is 9.53 Å². The molecule has 0 N–H and O–H groups in total. The summed E-state index contributed by atoms with van der Waals surface area (Å²) in [6.07, 6.45) is 5.72. The number of thioether (sulfide) groups is 1. The molecule has 1 fully saturated rings. The summed E-state index contributed by atoms with van der Waals surface area (Å²) in [7, 11) is 0.